The number of carbonyl (C=O) groups excluding carboxylic acids is 1. The zero-order valence-corrected chi connectivity index (χ0v) is 23.5. The summed E-state index contributed by atoms with van der Waals surface area (Å²) in [5, 5.41) is 2.87. The summed E-state index contributed by atoms with van der Waals surface area (Å²) in [5.41, 5.74) is 0.424. The number of hydrogen-bond donors (Lipinski definition) is 2. The first-order chi connectivity index (χ1) is 19.8. The number of rotatable bonds is 5. The van der Waals surface area contributed by atoms with Crippen LogP contribution in [0.25, 0.3) is 0 Å². The van der Waals surface area contributed by atoms with Gasteiger partial charge in [0, 0.05) is 37.6 Å². The van der Waals surface area contributed by atoms with Crippen LogP contribution in [0.3, 0.4) is 0 Å². The average molecular weight is 586 g/mol. The predicted molar refractivity (Wildman–Crippen MR) is 146 cm³/mol. The maximum Gasteiger partial charge on any atom is 0.263 e. The van der Waals surface area contributed by atoms with Gasteiger partial charge in [-0.15, -0.1) is 0 Å². The van der Waals surface area contributed by atoms with E-state index in [2.05, 4.69) is 15.0 Å². The first-order valence-electron chi connectivity index (χ1n) is 14.6. The van der Waals surface area contributed by atoms with E-state index in [0.717, 1.165) is 64.2 Å². The number of amides is 1. The molecule has 2 saturated carbocycles. The van der Waals surface area contributed by atoms with Crippen LogP contribution in [0.1, 0.15) is 64.2 Å². The Bertz CT molecular complexity index is 1360. The number of carbonyl (C=O) groups is 1. The van der Waals surface area contributed by atoms with Gasteiger partial charge in [0.25, 0.3) is 15.9 Å². The van der Waals surface area contributed by atoms with Crippen molar-refractivity contribution in [1.29, 1.82) is 0 Å². The lowest BCUT2D eigenvalue weighted by atomic mass is 9.94. The van der Waals surface area contributed by atoms with Gasteiger partial charge in [-0.3, -0.25) is 9.52 Å². The monoisotopic (exact) mass is 585 g/mol. The maximum absolute atomic E-state index is 13.7. The fourth-order valence-corrected chi connectivity index (χ4v) is 7.73. The Morgan fingerprint density at radius 2 is 1.41 bits per heavy atom. The summed E-state index contributed by atoms with van der Waals surface area (Å²) in [5.74, 6) is -1.65. The molecule has 41 heavy (non-hydrogen) atoms. The van der Waals surface area contributed by atoms with Gasteiger partial charge in [0.2, 0.25) is 0 Å². The molecule has 0 radical (unpaired) electrons. The van der Waals surface area contributed by atoms with Gasteiger partial charge in [-0.2, -0.15) is 0 Å². The zero-order valence-electron chi connectivity index (χ0n) is 22.7. The van der Waals surface area contributed by atoms with Crippen molar-refractivity contribution in [3.05, 3.63) is 48.7 Å². The van der Waals surface area contributed by atoms with Crippen molar-refractivity contribution in [2.45, 2.75) is 111 Å². The number of hydrogen-bond acceptors (Lipinski definition) is 9. The van der Waals surface area contributed by atoms with Crippen LogP contribution in [0.4, 0.5) is 11.5 Å². The van der Waals surface area contributed by atoms with Gasteiger partial charge in [-0.05, 0) is 62.1 Å². The van der Waals surface area contributed by atoms with Gasteiger partial charge < -0.3 is 29.0 Å². The molecular weight excluding hydrogens is 550 g/mol. The number of ether oxygens (including phenoxy) is 5. The molecule has 4 heterocycles. The number of sulfonamides is 1. The molecule has 2 N–H and O–H groups in total. The molecule has 12 heteroatoms. The molecular formula is C29H35N3O8S. The summed E-state index contributed by atoms with van der Waals surface area (Å²) in [4.78, 5) is 17.7. The second-order valence-corrected chi connectivity index (χ2v) is 13.2. The predicted octanol–water partition coefficient (Wildman–Crippen LogP) is 4.07. The molecule has 0 bridgehead atoms. The van der Waals surface area contributed by atoms with Crippen molar-refractivity contribution in [2.24, 2.45) is 0 Å². The molecule has 5 atom stereocenters. The Balaban J connectivity index is 1.09. The molecule has 220 valence electrons. The minimum atomic E-state index is -3.85. The van der Waals surface area contributed by atoms with Crippen LogP contribution in [0, 0.1) is 0 Å². The molecule has 1 aromatic carbocycles. The number of anilines is 2. The second-order valence-electron chi connectivity index (χ2n) is 11.6. The standard InChI is InChI=1S/C29H35N3O8S/c33-26(31-19-10-12-20(13-11-19)41(34,35)32-21-9-3-8-18-30-21)24-22-23(38-28(37-22)14-4-1-5-15-28)25-27(36-24)40-29(39-25)16-6-2-7-17-29/h3,8-13,18,22-25,27H,1-2,4-7,14-17H2,(H,30,32)(H,31,33)/t22-,23-,24-,25+,27-/m0/s1. The highest BCUT2D eigenvalue weighted by atomic mass is 32.2. The van der Waals surface area contributed by atoms with E-state index in [0.29, 0.717) is 5.69 Å². The Hall–Kier alpha value is -2.61. The van der Waals surface area contributed by atoms with E-state index in [9.17, 15) is 13.2 Å². The molecule has 1 amide bonds. The molecule has 0 unspecified atom stereocenters. The van der Waals surface area contributed by atoms with Crippen molar-refractivity contribution in [2.75, 3.05) is 10.0 Å². The summed E-state index contributed by atoms with van der Waals surface area (Å²) in [6.07, 6.45) is 7.56. The first-order valence-corrected chi connectivity index (χ1v) is 16.0. The Morgan fingerprint density at radius 1 is 0.780 bits per heavy atom. The van der Waals surface area contributed by atoms with Crippen LogP contribution in [-0.4, -0.2) is 61.6 Å². The van der Waals surface area contributed by atoms with Crippen LogP contribution in [0.2, 0.25) is 0 Å². The number of nitrogens with zero attached hydrogens (tertiary/aromatic N) is 1. The highest BCUT2D eigenvalue weighted by Gasteiger charge is 2.65. The highest BCUT2D eigenvalue weighted by molar-refractivity contribution is 7.92. The van der Waals surface area contributed by atoms with Crippen molar-refractivity contribution < 1.29 is 36.9 Å². The third-order valence-corrected chi connectivity index (χ3v) is 10.1. The van der Waals surface area contributed by atoms with E-state index in [1.807, 2.05) is 0 Å². The van der Waals surface area contributed by atoms with Crippen LogP contribution in [0.15, 0.2) is 53.6 Å². The minimum Gasteiger partial charge on any atom is -0.341 e. The maximum atomic E-state index is 13.7. The highest BCUT2D eigenvalue weighted by Crippen LogP contribution is 2.51. The molecule has 2 aliphatic carbocycles. The third kappa shape index (κ3) is 5.26. The summed E-state index contributed by atoms with van der Waals surface area (Å²) >= 11 is 0. The largest absolute Gasteiger partial charge is 0.341 e. The van der Waals surface area contributed by atoms with E-state index in [1.54, 1.807) is 18.2 Å². The molecule has 7 rings (SSSR count). The van der Waals surface area contributed by atoms with Crippen LogP contribution < -0.4 is 10.0 Å². The van der Waals surface area contributed by atoms with Gasteiger partial charge in [-0.1, -0.05) is 18.9 Å². The first kappa shape index (κ1) is 27.2. The molecule has 3 aliphatic heterocycles. The topological polar surface area (TPSA) is 134 Å². The van der Waals surface area contributed by atoms with Gasteiger partial charge in [-0.25, -0.2) is 13.4 Å². The fourth-order valence-electron chi connectivity index (χ4n) is 6.72. The van der Waals surface area contributed by atoms with Crippen molar-refractivity contribution in [1.82, 2.24) is 4.98 Å². The van der Waals surface area contributed by atoms with Crippen molar-refractivity contribution in [3.8, 4) is 0 Å². The van der Waals surface area contributed by atoms with E-state index in [-0.39, 0.29) is 10.7 Å². The number of nitrogens with one attached hydrogen (secondary N) is 2. The number of pyridine rings is 1. The van der Waals surface area contributed by atoms with Gasteiger partial charge in [0.05, 0.1) is 4.90 Å². The van der Waals surface area contributed by atoms with Crippen LogP contribution in [0.5, 0.6) is 0 Å². The Morgan fingerprint density at radius 3 is 2.07 bits per heavy atom. The lowest BCUT2D eigenvalue weighted by Gasteiger charge is -2.36. The van der Waals surface area contributed by atoms with E-state index < -0.39 is 58.2 Å². The molecule has 2 spiro atoms. The van der Waals surface area contributed by atoms with Gasteiger partial charge >= 0.3 is 0 Å². The number of benzene rings is 1. The normalized spacial score (nSPS) is 31.9. The average Bonchev–Trinajstić information content (AvgIpc) is 3.51. The van der Waals surface area contributed by atoms with Crippen molar-refractivity contribution in [3.63, 3.8) is 0 Å². The lowest BCUT2D eigenvalue weighted by molar-refractivity contribution is -0.246. The molecule has 5 aliphatic rings. The summed E-state index contributed by atoms with van der Waals surface area (Å²) in [7, 11) is -3.85. The van der Waals surface area contributed by atoms with Crippen molar-refractivity contribution >= 4 is 27.4 Å². The van der Waals surface area contributed by atoms with E-state index >= 15 is 0 Å². The van der Waals surface area contributed by atoms with E-state index in [4.69, 9.17) is 23.7 Å². The van der Waals surface area contributed by atoms with Crippen LogP contribution >= 0.6 is 0 Å². The molecule has 5 fully saturated rings. The molecule has 11 nitrogen and oxygen atoms in total. The molecule has 2 aromatic rings. The number of aromatic nitrogens is 1. The third-order valence-electron chi connectivity index (χ3n) is 8.70. The molecule has 3 saturated heterocycles. The SMILES string of the molecule is O=C(Nc1ccc(S(=O)(=O)Nc2ccccn2)cc1)[C@H]1O[C@H]2OC3(CCCCC3)O[C@@H]2[C@H]2OC3(CCCCC3)O[C@@H]21. The fraction of sp³-hybridized carbons (Fsp3) is 0.586. The molecule has 1 aromatic heterocycles. The van der Waals surface area contributed by atoms with E-state index in [1.165, 1.54) is 30.5 Å². The quantitative estimate of drug-likeness (QED) is 0.533. The Kier molecular flexibility index (Phi) is 7.03. The smallest absolute Gasteiger partial charge is 0.263 e. The Labute approximate surface area is 239 Å². The zero-order chi connectivity index (χ0) is 28.1. The lowest BCUT2D eigenvalue weighted by Crippen LogP contribution is -2.58. The number of fused-ring (bicyclic) bond motifs is 3. The summed E-state index contributed by atoms with van der Waals surface area (Å²) in [6.45, 7) is 0. The minimum absolute atomic E-state index is 0.0408. The van der Waals surface area contributed by atoms with Crippen LogP contribution in [-0.2, 0) is 38.5 Å². The van der Waals surface area contributed by atoms with Gasteiger partial charge in [0.15, 0.2) is 24.0 Å². The summed E-state index contributed by atoms with van der Waals surface area (Å²) < 4.78 is 60.3. The summed E-state index contributed by atoms with van der Waals surface area (Å²) in [6, 6.07) is 10.9. The second kappa shape index (κ2) is 10.6. The van der Waals surface area contributed by atoms with Gasteiger partial charge in [0.1, 0.15) is 24.1 Å².